The number of rotatable bonds is 5. The van der Waals surface area contributed by atoms with Crippen LogP contribution >= 0.6 is 0 Å². The van der Waals surface area contributed by atoms with E-state index < -0.39 is 17.9 Å². The van der Waals surface area contributed by atoms with Gasteiger partial charge < -0.3 is 15.1 Å². The Bertz CT molecular complexity index is 390. The third kappa shape index (κ3) is 3.06. The van der Waals surface area contributed by atoms with Crippen LogP contribution in [0.3, 0.4) is 0 Å². The second-order valence-electron chi connectivity index (χ2n) is 6.54. The highest BCUT2D eigenvalue weighted by atomic mass is 16.4. The average Bonchev–Trinajstić information content (AvgIpc) is 2.92. The summed E-state index contributed by atoms with van der Waals surface area (Å²) in [5, 5.41) is 18.4. The van der Waals surface area contributed by atoms with E-state index in [-0.39, 0.29) is 12.0 Å². The standard InChI is InChI=1S/C15H26N2O4/c1-4-17-8-10(12(14(18)19)15(20)21)7-11(17)13-9(2)5-6-16(13)3/h9-13H,4-8H2,1-3H3,(H,18,19)(H,20,21). The van der Waals surface area contributed by atoms with Crippen LogP contribution in [0.25, 0.3) is 0 Å². The van der Waals surface area contributed by atoms with Gasteiger partial charge in [-0.2, -0.15) is 0 Å². The van der Waals surface area contributed by atoms with Crippen molar-refractivity contribution in [3.63, 3.8) is 0 Å². The van der Waals surface area contributed by atoms with Crippen molar-refractivity contribution in [3.8, 4) is 0 Å². The fourth-order valence-electron chi connectivity index (χ4n) is 4.27. The van der Waals surface area contributed by atoms with Crippen molar-refractivity contribution in [3.05, 3.63) is 0 Å². The van der Waals surface area contributed by atoms with Crippen LogP contribution in [0.15, 0.2) is 0 Å². The molecular weight excluding hydrogens is 272 g/mol. The molecular formula is C15H26N2O4. The molecule has 2 saturated heterocycles. The molecule has 0 aromatic carbocycles. The van der Waals surface area contributed by atoms with Gasteiger partial charge in [-0.05, 0) is 44.8 Å². The molecule has 120 valence electrons. The van der Waals surface area contributed by atoms with Crippen molar-refractivity contribution in [2.24, 2.45) is 17.8 Å². The van der Waals surface area contributed by atoms with E-state index in [4.69, 9.17) is 0 Å². The highest BCUT2D eigenvalue weighted by Crippen LogP contribution is 2.37. The Hall–Kier alpha value is -1.14. The van der Waals surface area contributed by atoms with Crippen molar-refractivity contribution >= 4 is 11.9 Å². The SMILES string of the molecule is CCN1CC(C(C(=O)O)C(=O)O)CC1C1C(C)CCN1C. The number of aliphatic carboxylic acids is 2. The van der Waals surface area contributed by atoms with E-state index in [0.29, 0.717) is 24.9 Å². The fraction of sp³-hybridized carbons (Fsp3) is 0.867. The predicted octanol–water partition coefficient (Wildman–Crippen LogP) is 0.822. The number of nitrogens with zero attached hydrogens (tertiary/aromatic N) is 2. The van der Waals surface area contributed by atoms with Crippen molar-refractivity contribution in [1.82, 2.24) is 9.80 Å². The fourth-order valence-corrected chi connectivity index (χ4v) is 4.27. The maximum atomic E-state index is 11.3. The summed E-state index contributed by atoms with van der Waals surface area (Å²) < 4.78 is 0. The van der Waals surface area contributed by atoms with Crippen LogP contribution in [0, 0.1) is 17.8 Å². The maximum absolute atomic E-state index is 11.3. The molecule has 0 aromatic heterocycles. The summed E-state index contributed by atoms with van der Waals surface area (Å²) in [6, 6.07) is 0.668. The first-order valence-electron chi connectivity index (χ1n) is 7.76. The summed E-state index contributed by atoms with van der Waals surface area (Å²) in [5.41, 5.74) is 0. The number of hydrogen-bond acceptors (Lipinski definition) is 4. The summed E-state index contributed by atoms with van der Waals surface area (Å²) in [6.45, 7) is 6.77. The molecule has 6 heteroatoms. The lowest BCUT2D eigenvalue weighted by Crippen LogP contribution is -2.46. The van der Waals surface area contributed by atoms with E-state index in [9.17, 15) is 19.8 Å². The van der Waals surface area contributed by atoms with Crippen molar-refractivity contribution < 1.29 is 19.8 Å². The minimum atomic E-state index is -1.29. The molecule has 4 atom stereocenters. The molecule has 2 heterocycles. The maximum Gasteiger partial charge on any atom is 0.318 e. The van der Waals surface area contributed by atoms with Gasteiger partial charge in [0, 0.05) is 18.6 Å². The third-order valence-corrected chi connectivity index (χ3v) is 5.32. The monoisotopic (exact) mass is 298 g/mol. The van der Waals surface area contributed by atoms with Gasteiger partial charge in [-0.1, -0.05) is 13.8 Å². The predicted molar refractivity (Wildman–Crippen MR) is 78.1 cm³/mol. The lowest BCUT2D eigenvalue weighted by molar-refractivity contribution is -0.157. The summed E-state index contributed by atoms with van der Waals surface area (Å²) in [6.07, 6.45) is 1.82. The van der Waals surface area contributed by atoms with Gasteiger partial charge in [0.05, 0.1) is 0 Å². The molecule has 2 N–H and O–H groups in total. The number of likely N-dealkylation sites (N-methyl/N-ethyl adjacent to an activating group) is 2. The Morgan fingerprint density at radius 1 is 1.29 bits per heavy atom. The Morgan fingerprint density at radius 3 is 2.33 bits per heavy atom. The smallest absolute Gasteiger partial charge is 0.318 e. The molecule has 0 saturated carbocycles. The Balaban J connectivity index is 2.17. The van der Waals surface area contributed by atoms with Crippen LogP contribution in [0.2, 0.25) is 0 Å². The Kier molecular flexibility index (Phi) is 4.88. The Morgan fingerprint density at radius 2 is 1.90 bits per heavy atom. The van der Waals surface area contributed by atoms with Gasteiger partial charge in [-0.15, -0.1) is 0 Å². The zero-order chi connectivity index (χ0) is 15.7. The molecule has 2 rings (SSSR count). The van der Waals surface area contributed by atoms with Crippen LogP contribution in [0.4, 0.5) is 0 Å². The van der Waals surface area contributed by atoms with E-state index >= 15 is 0 Å². The van der Waals surface area contributed by atoms with Crippen molar-refractivity contribution in [1.29, 1.82) is 0 Å². The zero-order valence-electron chi connectivity index (χ0n) is 13.0. The molecule has 21 heavy (non-hydrogen) atoms. The number of carboxylic acids is 2. The molecule has 0 aromatic rings. The number of carbonyl (C=O) groups is 2. The molecule has 2 aliphatic rings. The number of carboxylic acid groups (broad SMARTS) is 2. The lowest BCUT2D eigenvalue weighted by Gasteiger charge is -2.34. The van der Waals surface area contributed by atoms with E-state index in [1.54, 1.807) is 0 Å². The van der Waals surface area contributed by atoms with Crippen LogP contribution in [-0.2, 0) is 9.59 Å². The molecule has 0 spiro atoms. The van der Waals surface area contributed by atoms with Gasteiger partial charge in [0.2, 0.25) is 0 Å². The number of likely N-dealkylation sites (tertiary alicyclic amines) is 2. The quantitative estimate of drug-likeness (QED) is 0.732. The minimum absolute atomic E-state index is 0.267. The summed E-state index contributed by atoms with van der Waals surface area (Å²) in [7, 11) is 2.11. The van der Waals surface area contributed by atoms with Gasteiger partial charge in [0.15, 0.2) is 5.92 Å². The molecule has 0 radical (unpaired) electrons. The molecule has 2 aliphatic heterocycles. The third-order valence-electron chi connectivity index (χ3n) is 5.32. The summed E-state index contributed by atoms with van der Waals surface area (Å²) in [5.74, 6) is -3.44. The molecule has 0 aliphatic carbocycles. The topological polar surface area (TPSA) is 81.1 Å². The van der Waals surface area contributed by atoms with Gasteiger partial charge in [-0.25, -0.2) is 0 Å². The zero-order valence-corrected chi connectivity index (χ0v) is 13.0. The Labute approximate surface area is 125 Å². The van der Waals surface area contributed by atoms with Crippen LogP contribution in [-0.4, -0.2) is 70.7 Å². The van der Waals surface area contributed by atoms with Gasteiger partial charge in [0.25, 0.3) is 0 Å². The van der Waals surface area contributed by atoms with Crippen molar-refractivity contribution in [2.45, 2.75) is 38.8 Å². The lowest BCUT2D eigenvalue weighted by atomic mass is 9.86. The van der Waals surface area contributed by atoms with Crippen molar-refractivity contribution in [2.75, 3.05) is 26.7 Å². The minimum Gasteiger partial charge on any atom is -0.481 e. The summed E-state index contributed by atoms with van der Waals surface area (Å²) >= 11 is 0. The van der Waals surface area contributed by atoms with Gasteiger partial charge in [-0.3, -0.25) is 14.5 Å². The van der Waals surface area contributed by atoms with Crippen LogP contribution < -0.4 is 0 Å². The molecule has 6 nitrogen and oxygen atoms in total. The first-order valence-corrected chi connectivity index (χ1v) is 7.76. The van der Waals surface area contributed by atoms with Gasteiger partial charge in [0.1, 0.15) is 0 Å². The van der Waals surface area contributed by atoms with E-state index in [1.165, 1.54) is 0 Å². The van der Waals surface area contributed by atoms with E-state index in [1.807, 2.05) is 0 Å². The highest BCUT2D eigenvalue weighted by Gasteiger charge is 2.47. The second kappa shape index (κ2) is 6.32. The molecule has 0 amide bonds. The highest BCUT2D eigenvalue weighted by molar-refractivity contribution is 5.93. The van der Waals surface area contributed by atoms with Gasteiger partial charge >= 0.3 is 11.9 Å². The molecule has 2 fully saturated rings. The summed E-state index contributed by atoms with van der Waals surface area (Å²) in [4.78, 5) is 27.2. The van der Waals surface area contributed by atoms with E-state index in [2.05, 4.69) is 30.7 Å². The average molecular weight is 298 g/mol. The molecule has 0 bridgehead atoms. The first kappa shape index (κ1) is 16.2. The van der Waals surface area contributed by atoms with E-state index in [0.717, 1.165) is 19.5 Å². The number of hydrogen-bond donors (Lipinski definition) is 2. The first-order chi connectivity index (χ1) is 9.86. The van der Waals surface area contributed by atoms with Crippen LogP contribution in [0.5, 0.6) is 0 Å². The molecule has 4 unspecified atom stereocenters. The normalized spacial score (nSPS) is 34.7. The second-order valence-corrected chi connectivity index (χ2v) is 6.54. The largest absolute Gasteiger partial charge is 0.481 e. The van der Waals surface area contributed by atoms with Crippen LogP contribution in [0.1, 0.15) is 26.7 Å².